The zero-order valence-electron chi connectivity index (χ0n) is 35.2. The first-order chi connectivity index (χ1) is 27.6. The number of methoxy groups -OCH3 is 2. The van der Waals surface area contributed by atoms with Gasteiger partial charge in [0.15, 0.2) is 0 Å². The van der Waals surface area contributed by atoms with E-state index in [2.05, 4.69) is 83.0 Å². The third-order valence-electron chi connectivity index (χ3n) is 12.2. The van der Waals surface area contributed by atoms with Crippen molar-refractivity contribution in [1.82, 2.24) is 40.4 Å². The van der Waals surface area contributed by atoms with Crippen LogP contribution in [0.1, 0.15) is 92.0 Å². The molecule has 4 amide bonds. The number of imidazole rings is 2. The first kappa shape index (κ1) is 42.0. The summed E-state index contributed by atoms with van der Waals surface area (Å²) >= 11 is 0. The third-order valence-corrected chi connectivity index (χ3v) is 12.2. The lowest BCUT2D eigenvalue weighted by Gasteiger charge is -2.33. The van der Waals surface area contributed by atoms with Crippen molar-refractivity contribution >= 4 is 24.0 Å². The van der Waals surface area contributed by atoms with Gasteiger partial charge in [0.2, 0.25) is 11.8 Å². The zero-order chi connectivity index (χ0) is 42.0. The number of ether oxygens (including phenoxy) is 2. The van der Waals surface area contributed by atoms with Crippen LogP contribution >= 0.6 is 0 Å². The lowest BCUT2D eigenvalue weighted by molar-refractivity contribution is -0.138. The van der Waals surface area contributed by atoms with Gasteiger partial charge in [-0.1, -0.05) is 90.1 Å². The molecule has 2 fully saturated rings. The van der Waals surface area contributed by atoms with Crippen molar-refractivity contribution < 1.29 is 28.7 Å². The number of likely N-dealkylation sites (tertiary alicyclic amines) is 2. The van der Waals surface area contributed by atoms with Gasteiger partial charge in [0.1, 0.15) is 23.7 Å². The molecule has 4 heterocycles. The molecule has 2 aromatic carbocycles. The molecule has 58 heavy (non-hydrogen) atoms. The van der Waals surface area contributed by atoms with Crippen LogP contribution < -0.4 is 10.6 Å². The van der Waals surface area contributed by atoms with Crippen molar-refractivity contribution in [3.8, 4) is 33.6 Å². The number of alkyl carbamates (subject to hydrolysis) is 2. The van der Waals surface area contributed by atoms with Gasteiger partial charge in [-0.25, -0.2) is 19.6 Å². The fraction of sp³-hybridized carbons (Fsp3) is 0.500. The van der Waals surface area contributed by atoms with E-state index in [0.717, 1.165) is 46.5 Å². The first-order valence-corrected chi connectivity index (χ1v) is 20.3. The molecule has 0 radical (unpaired) electrons. The molecule has 2 aliphatic rings. The van der Waals surface area contributed by atoms with Crippen molar-refractivity contribution in [3.05, 3.63) is 72.6 Å². The van der Waals surface area contributed by atoms with E-state index < -0.39 is 24.3 Å². The van der Waals surface area contributed by atoms with E-state index in [4.69, 9.17) is 19.4 Å². The number of hydrogen-bond acceptors (Lipinski definition) is 8. The molecule has 14 heteroatoms. The SMILES string of the molecule is COC(=O)N[C@H](C(=O)N1C(c2ncc(-c3ccc(-c4ccc(-c5cnc(C6C[C@H](C)[C@H](C)N6C(=O)[C@@H](NC(=O)OC)C(C)C)[nH]5)cc4)cc3)[nH]2)C[C@H](C)[C@@H]1C)C(C)C. The summed E-state index contributed by atoms with van der Waals surface area (Å²) in [5.41, 5.74) is 5.75. The molecule has 0 aliphatic carbocycles. The summed E-state index contributed by atoms with van der Waals surface area (Å²) in [6.07, 6.45) is 3.87. The Balaban J connectivity index is 1.15. The minimum atomic E-state index is -0.717. The molecule has 14 nitrogen and oxygen atoms in total. The summed E-state index contributed by atoms with van der Waals surface area (Å²) in [4.78, 5) is 72.2. The number of nitrogens with one attached hydrogen (secondary N) is 4. The quantitative estimate of drug-likeness (QED) is 0.121. The molecule has 4 N–H and O–H groups in total. The fourth-order valence-electron chi connectivity index (χ4n) is 8.35. The van der Waals surface area contributed by atoms with Crippen molar-refractivity contribution in [3.63, 3.8) is 0 Å². The number of hydrogen-bond donors (Lipinski definition) is 4. The zero-order valence-corrected chi connectivity index (χ0v) is 35.2. The van der Waals surface area contributed by atoms with E-state index in [1.165, 1.54) is 14.2 Å². The van der Waals surface area contributed by atoms with Crippen molar-refractivity contribution in [2.75, 3.05) is 14.2 Å². The van der Waals surface area contributed by atoms with Gasteiger partial charge in [-0.15, -0.1) is 0 Å². The molecular weight excluding hydrogens is 737 g/mol. The number of nitrogens with zero attached hydrogens (tertiary/aromatic N) is 4. The number of carbonyl (C=O) groups is 4. The molecule has 2 aromatic heterocycles. The Kier molecular flexibility index (Phi) is 12.6. The molecule has 2 aliphatic heterocycles. The van der Waals surface area contributed by atoms with Crippen LogP contribution in [-0.2, 0) is 19.1 Å². The maximum Gasteiger partial charge on any atom is 0.407 e. The average Bonchev–Trinajstić information content (AvgIpc) is 4.02. The van der Waals surface area contributed by atoms with Crippen LogP contribution in [0.15, 0.2) is 60.9 Å². The van der Waals surface area contributed by atoms with Gasteiger partial charge >= 0.3 is 12.2 Å². The van der Waals surface area contributed by atoms with E-state index >= 15 is 0 Å². The summed E-state index contributed by atoms with van der Waals surface area (Å²) in [6, 6.07) is 14.5. The van der Waals surface area contributed by atoms with Crippen LogP contribution in [0.2, 0.25) is 0 Å². The molecule has 0 saturated carbocycles. The predicted molar refractivity (Wildman–Crippen MR) is 221 cm³/mol. The second-order valence-corrected chi connectivity index (χ2v) is 16.7. The predicted octanol–water partition coefficient (Wildman–Crippen LogP) is 7.49. The molecule has 0 spiro atoms. The fourth-order valence-corrected chi connectivity index (χ4v) is 8.35. The molecule has 2 unspecified atom stereocenters. The molecule has 310 valence electrons. The summed E-state index contributed by atoms with van der Waals surface area (Å²) in [5, 5.41) is 5.46. The topological polar surface area (TPSA) is 175 Å². The van der Waals surface area contributed by atoms with E-state index in [-0.39, 0.29) is 59.7 Å². The van der Waals surface area contributed by atoms with Gasteiger partial charge in [0.05, 0.1) is 50.1 Å². The molecule has 6 rings (SSSR count). The number of carbonyl (C=O) groups excluding carboxylic acids is 4. The van der Waals surface area contributed by atoms with Gasteiger partial charge in [-0.2, -0.15) is 0 Å². The van der Waals surface area contributed by atoms with Crippen LogP contribution in [0.3, 0.4) is 0 Å². The number of H-pyrrole nitrogens is 2. The minimum Gasteiger partial charge on any atom is -0.453 e. The van der Waals surface area contributed by atoms with Gasteiger partial charge in [0, 0.05) is 12.1 Å². The average molecular weight is 795 g/mol. The Hall–Kier alpha value is -5.66. The number of aromatic amines is 2. The highest BCUT2D eigenvalue weighted by atomic mass is 16.5. The maximum absolute atomic E-state index is 13.9. The standard InChI is InChI=1S/C44H58N8O6/c1-23(2)37(49-43(55)57-9)41(53)51-27(7)25(5)19-35(51)39-45-21-33(47-39)31-15-11-29(12-16-31)30-13-17-32(18-14-30)34-22-46-40(48-34)36-20-26(6)28(8)52(36)42(54)38(24(3)4)50-44(56)58-10/h11-18,21-28,35-38H,19-20H2,1-10H3,(H,45,47)(H,46,48)(H,49,55)(H,50,56)/t25-,26-,27-,28-,35?,36?,37-,38-/m0/s1. The maximum atomic E-state index is 13.9. The van der Waals surface area contributed by atoms with E-state index in [1.807, 2.05) is 63.7 Å². The summed E-state index contributed by atoms with van der Waals surface area (Å²) in [5.74, 6) is 1.38. The van der Waals surface area contributed by atoms with Crippen LogP contribution in [0.5, 0.6) is 0 Å². The van der Waals surface area contributed by atoms with Crippen LogP contribution in [0, 0.1) is 23.7 Å². The summed E-state index contributed by atoms with van der Waals surface area (Å²) in [6.45, 7) is 16.0. The highest BCUT2D eigenvalue weighted by Gasteiger charge is 2.46. The lowest BCUT2D eigenvalue weighted by atomic mass is 10.0. The summed E-state index contributed by atoms with van der Waals surface area (Å²) in [7, 11) is 2.59. The van der Waals surface area contributed by atoms with Crippen LogP contribution in [-0.4, -0.2) is 92.1 Å². The minimum absolute atomic E-state index is 0.0328. The Morgan fingerprint density at radius 3 is 1.24 bits per heavy atom. The normalized spacial score (nSPS) is 22.9. The van der Waals surface area contributed by atoms with Crippen LogP contribution in [0.25, 0.3) is 33.6 Å². The largest absolute Gasteiger partial charge is 0.453 e. The van der Waals surface area contributed by atoms with E-state index in [9.17, 15) is 19.2 Å². The molecular formula is C44H58N8O6. The number of aromatic nitrogens is 4. The van der Waals surface area contributed by atoms with Crippen LogP contribution in [0.4, 0.5) is 9.59 Å². The number of rotatable bonds is 11. The Morgan fingerprint density at radius 1 is 0.603 bits per heavy atom. The second-order valence-electron chi connectivity index (χ2n) is 16.7. The second kappa shape index (κ2) is 17.5. The molecule has 0 bridgehead atoms. The third kappa shape index (κ3) is 8.46. The summed E-state index contributed by atoms with van der Waals surface area (Å²) < 4.78 is 9.61. The monoisotopic (exact) mass is 794 g/mol. The van der Waals surface area contributed by atoms with Gasteiger partial charge in [0.25, 0.3) is 0 Å². The van der Waals surface area contributed by atoms with E-state index in [1.54, 1.807) is 0 Å². The van der Waals surface area contributed by atoms with Gasteiger partial charge < -0.3 is 39.9 Å². The van der Waals surface area contributed by atoms with Gasteiger partial charge in [-0.05, 0) is 72.6 Å². The van der Waals surface area contributed by atoms with Crippen molar-refractivity contribution in [2.45, 2.75) is 104 Å². The Bertz CT molecular complexity index is 1930. The van der Waals surface area contributed by atoms with E-state index in [0.29, 0.717) is 11.6 Å². The Labute approximate surface area is 340 Å². The molecule has 2 saturated heterocycles. The number of amides is 4. The Morgan fingerprint density at radius 2 is 0.931 bits per heavy atom. The van der Waals surface area contributed by atoms with Gasteiger partial charge in [-0.3, -0.25) is 9.59 Å². The highest BCUT2D eigenvalue weighted by Crippen LogP contribution is 2.41. The smallest absolute Gasteiger partial charge is 0.407 e. The molecule has 4 aromatic rings. The first-order valence-electron chi connectivity index (χ1n) is 20.3. The lowest BCUT2D eigenvalue weighted by Crippen LogP contribution is -2.53. The van der Waals surface area contributed by atoms with Crippen molar-refractivity contribution in [1.29, 1.82) is 0 Å². The molecule has 8 atom stereocenters. The van der Waals surface area contributed by atoms with Crippen molar-refractivity contribution in [2.24, 2.45) is 23.7 Å². The highest BCUT2D eigenvalue weighted by molar-refractivity contribution is 5.87. The number of benzene rings is 2.